The maximum absolute atomic E-state index is 6.05. The minimum atomic E-state index is -0.218. The van der Waals surface area contributed by atoms with Crippen LogP contribution in [0, 0.1) is 0 Å². The van der Waals surface area contributed by atoms with Gasteiger partial charge in [0, 0.05) is 6.61 Å². The third-order valence-electron chi connectivity index (χ3n) is 4.36. The summed E-state index contributed by atoms with van der Waals surface area (Å²) in [6, 6.07) is 15.3. The number of hydrogen-bond acceptors (Lipinski definition) is 7. The Labute approximate surface area is 182 Å². The highest BCUT2D eigenvalue weighted by Crippen LogP contribution is 2.28. The zero-order chi connectivity index (χ0) is 20.9. The van der Waals surface area contributed by atoms with Crippen molar-refractivity contribution in [2.45, 2.75) is 12.5 Å². The normalized spacial score (nSPS) is 16.2. The lowest BCUT2D eigenvalue weighted by molar-refractivity contribution is -0.00847. The molecule has 2 aromatic carbocycles. The molecule has 1 aliphatic heterocycles. The van der Waals surface area contributed by atoms with Crippen molar-refractivity contribution in [2.75, 3.05) is 58.3 Å². The quantitative estimate of drug-likeness (QED) is 0.658. The predicted octanol–water partition coefficient (Wildman–Crippen LogP) is 4.07. The highest BCUT2D eigenvalue weighted by molar-refractivity contribution is 7.98. The van der Waals surface area contributed by atoms with Crippen LogP contribution in [-0.4, -0.2) is 64.4 Å². The lowest BCUT2D eigenvalue weighted by Crippen LogP contribution is -2.29. The number of fused-ring (bicyclic) bond motifs is 2. The predicted molar refractivity (Wildman–Crippen MR) is 118 cm³/mol. The molecular formula is C23H30O6S. The summed E-state index contributed by atoms with van der Waals surface area (Å²) in [5.41, 5.74) is 0. The van der Waals surface area contributed by atoms with Gasteiger partial charge in [-0.05, 0) is 42.7 Å². The zero-order valence-corrected chi connectivity index (χ0v) is 18.2. The maximum atomic E-state index is 6.05. The first-order valence-electron chi connectivity index (χ1n) is 10.2. The standard InChI is InChI=1S/C23H30O6S/c1-30-16-6-11-25-19-17-28-22-9-4-2-7-20(22)26-14-12-24-13-15-27-21-8-3-5-10-23(21)29-18-19/h2-5,7-10,19H,6,11-18H2,1H3. The van der Waals surface area contributed by atoms with Gasteiger partial charge in [-0.15, -0.1) is 0 Å². The molecule has 3 rings (SSSR count). The second-order valence-electron chi connectivity index (χ2n) is 6.66. The molecule has 0 atom stereocenters. The van der Waals surface area contributed by atoms with Gasteiger partial charge in [-0.25, -0.2) is 0 Å². The van der Waals surface area contributed by atoms with Crippen molar-refractivity contribution < 1.29 is 28.4 Å². The SMILES string of the molecule is CSCCCOC1COc2ccccc2OCCOCCOc2ccccc2OC1. The Balaban J connectivity index is 1.70. The van der Waals surface area contributed by atoms with Crippen LogP contribution in [0.2, 0.25) is 0 Å². The van der Waals surface area contributed by atoms with Gasteiger partial charge in [-0.2, -0.15) is 11.8 Å². The number of benzene rings is 2. The van der Waals surface area contributed by atoms with E-state index in [1.807, 2.05) is 60.3 Å². The smallest absolute Gasteiger partial charge is 0.161 e. The second-order valence-corrected chi connectivity index (χ2v) is 7.65. The molecule has 30 heavy (non-hydrogen) atoms. The number of rotatable bonds is 5. The molecule has 164 valence electrons. The van der Waals surface area contributed by atoms with Crippen LogP contribution in [0.15, 0.2) is 48.5 Å². The van der Waals surface area contributed by atoms with Gasteiger partial charge in [0.25, 0.3) is 0 Å². The largest absolute Gasteiger partial charge is 0.487 e. The molecule has 2 aromatic rings. The Hall–Kier alpha value is -2.09. The minimum Gasteiger partial charge on any atom is -0.487 e. The van der Waals surface area contributed by atoms with E-state index in [-0.39, 0.29) is 6.10 Å². The van der Waals surface area contributed by atoms with Crippen molar-refractivity contribution in [1.29, 1.82) is 0 Å². The first-order valence-corrected chi connectivity index (χ1v) is 11.6. The molecule has 0 fully saturated rings. The van der Waals surface area contributed by atoms with Crippen LogP contribution >= 0.6 is 11.8 Å². The van der Waals surface area contributed by atoms with Crippen LogP contribution in [0.3, 0.4) is 0 Å². The van der Waals surface area contributed by atoms with E-state index in [9.17, 15) is 0 Å². The number of hydrogen-bond donors (Lipinski definition) is 0. The van der Waals surface area contributed by atoms with Crippen LogP contribution in [0.1, 0.15) is 6.42 Å². The van der Waals surface area contributed by atoms with E-state index in [4.69, 9.17) is 28.4 Å². The third kappa shape index (κ3) is 7.63. The lowest BCUT2D eigenvalue weighted by atomic mass is 10.3. The van der Waals surface area contributed by atoms with Crippen molar-refractivity contribution in [3.05, 3.63) is 48.5 Å². The number of thioether (sulfide) groups is 1. The molecular weight excluding hydrogens is 404 g/mol. The Morgan fingerprint density at radius 3 is 1.77 bits per heavy atom. The molecule has 1 aliphatic rings. The molecule has 7 heteroatoms. The van der Waals surface area contributed by atoms with E-state index in [0.717, 1.165) is 12.2 Å². The van der Waals surface area contributed by atoms with Gasteiger partial charge in [-0.1, -0.05) is 24.3 Å². The van der Waals surface area contributed by atoms with Gasteiger partial charge < -0.3 is 28.4 Å². The fourth-order valence-corrected chi connectivity index (χ4v) is 3.27. The van der Waals surface area contributed by atoms with Gasteiger partial charge in [0.1, 0.15) is 32.5 Å². The van der Waals surface area contributed by atoms with Crippen molar-refractivity contribution >= 4 is 11.8 Å². The van der Waals surface area contributed by atoms with E-state index < -0.39 is 0 Å². The molecule has 0 radical (unpaired) electrons. The fraction of sp³-hybridized carbons (Fsp3) is 0.478. The minimum absolute atomic E-state index is 0.218. The van der Waals surface area contributed by atoms with E-state index in [1.54, 1.807) is 0 Å². The molecule has 0 unspecified atom stereocenters. The van der Waals surface area contributed by atoms with E-state index in [0.29, 0.717) is 69.2 Å². The molecule has 0 spiro atoms. The van der Waals surface area contributed by atoms with Crippen molar-refractivity contribution in [2.24, 2.45) is 0 Å². The van der Waals surface area contributed by atoms with Crippen LogP contribution in [-0.2, 0) is 9.47 Å². The Bertz CT molecular complexity index is 686. The first-order chi connectivity index (χ1) is 14.9. The summed E-state index contributed by atoms with van der Waals surface area (Å²) in [6.07, 6.45) is 2.86. The second kappa shape index (κ2) is 13.3. The summed E-state index contributed by atoms with van der Waals surface area (Å²) in [6.45, 7) is 3.20. The van der Waals surface area contributed by atoms with Crippen molar-refractivity contribution in [1.82, 2.24) is 0 Å². The summed E-state index contributed by atoms with van der Waals surface area (Å²) in [4.78, 5) is 0. The summed E-state index contributed by atoms with van der Waals surface area (Å²) >= 11 is 1.81. The van der Waals surface area contributed by atoms with Gasteiger partial charge in [0.2, 0.25) is 0 Å². The third-order valence-corrected chi connectivity index (χ3v) is 5.06. The summed E-state index contributed by atoms with van der Waals surface area (Å²) in [7, 11) is 0. The average Bonchev–Trinajstić information content (AvgIpc) is 2.78. The molecule has 0 N–H and O–H groups in total. The molecule has 0 saturated carbocycles. The Morgan fingerprint density at radius 2 is 1.27 bits per heavy atom. The summed E-state index contributed by atoms with van der Waals surface area (Å²) in [5.74, 6) is 3.81. The monoisotopic (exact) mass is 434 g/mol. The number of para-hydroxylation sites is 4. The van der Waals surface area contributed by atoms with Crippen LogP contribution in [0.5, 0.6) is 23.0 Å². The highest BCUT2D eigenvalue weighted by Gasteiger charge is 2.15. The molecule has 0 amide bonds. The number of ether oxygens (including phenoxy) is 6. The Morgan fingerprint density at radius 1 is 0.767 bits per heavy atom. The van der Waals surface area contributed by atoms with Crippen LogP contribution in [0.25, 0.3) is 0 Å². The average molecular weight is 435 g/mol. The van der Waals surface area contributed by atoms with Crippen molar-refractivity contribution in [3.8, 4) is 23.0 Å². The lowest BCUT2D eigenvalue weighted by Gasteiger charge is -2.21. The zero-order valence-electron chi connectivity index (χ0n) is 17.4. The maximum Gasteiger partial charge on any atom is 0.161 e. The molecule has 6 nitrogen and oxygen atoms in total. The summed E-state index contributed by atoms with van der Waals surface area (Å²) in [5, 5.41) is 0. The van der Waals surface area contributed by atoms with Crippen LogP contribution in [0.4, 0.5) is 0 Å². The first kappa shape index (κ1) is 22.6. The Kier molecular flexibility index (Phi) is 9.99. The van der Waals surface area contributed by atoms with Crippen LogP contribution < -0.4 is 18.9 Å². The van der Waals surface area contributed by atoms with Gasteiger partial charge in [-0.3, -0.25) is 0 Å². The van der Waals surface area contributed by atoms with E-state index in [1.165, 1.54) is 0 Å². The van der Waals surface area contributed by atoms with Crippen molar-refractivity contribution in [3.63, 3.8) is 0 Å². The van der Waals surface area contributed by atoms with Gasteiger partial charge in [0.15, 0.2) is 23.0 Å². The molecule has 0 aliphatic carbocycles. The highest BCUT2D eigenvalue weighted by atomic mass is 32.2. The van der Waals surface area contributed by atoms with E-state index >= 15 is 0 Å². The molecule has 1 heterocycles. The summed E-state index contributed by atoms with van der Waals surface area (Å²) < 4.78 is 35.4. The fourth-order valence-electron chi connectivity index (χ4n) is 2.86. The van der Waals surface area contributed by atoms with E-state index in [2.05, 4.69) is 6.26 Å². The molecule has 0 bridgehead atoms. The molecule has 0 aromatic heterocycles. The topological polar surface area (TPSA) is 55.4 Å². The van der Waals surface area contributed by atoms with Gasteiger partial charge >= 0.3 is 0 Å². The molecule has 0 saturated heterocycles. The van der Waals surface area contributed by atoms with Gasteiger partial charge in [0.05, 0.1) is 13.2 Å².